The van der Waals surface area contributed by atoms with Crippen LogP contribution in [0.2, 0.25) is 0 Å². The second kappa shape index (κ2) is 6.26. The predicted octanol–water partition coefficient (Wildman–Crippen LogP) is 2.32. The Morgan fingerprint density at radius 1 is 1.37 bits per heavy atom. The summed E-state index contributed by atoms with van der Waals surface area (Å²) in [5, 5.41) is 12.0. The Balaban J connectivity index is 2.67. The zero-order chi connectivity index (χ0) is 14.6. The Morgan fingerprint density at radius 3 is 2.32 bits per heavy atom. The maximum Gasteiger partial charge on any atom is 0.329 e. The third kappa shape index (κ3) is 3.39. The molecule has 0 saturated carbocycles. The lowest BCUT2D eigenvalue weighted by Crippen LogP contribution is -2.57. The fourth-order valence-corrected chi connectivity index (χ4v) is 2.58. The Labute approximate surface area is 115 Å². The zero-order valence-corrected chi connectivity index (χ0v) is 12.4. The van der Waals surface area contributed by atoms with Crippen molar-refractivity contribution in [3.05, 3.63) is 0 Å². The van der Waals surface area contributed by atoms with Crippen molar-refractivity contribution < 1.29 is 14.7 Å². The normalized spacial score (nSPS) is 19.8. The number of aliphatic carboxylic acids is 1. The molecule has 1 atom stereocenters. The number of carboxylic acid groups (broad SMARTS) is 1. The molecule has 1 fully saturated rings. The zero-order valence-electron chi connectivity index (χ0n) is 12.4. The van der Waals surface area contributed by atoms with Gasteiger partial charge in [0, 0.05) is 13.1 Å². The summed E-state index contributed by atoms with van der Waals surface area (Å²) < 4.78 is 0. The van der Waals surface area contributed by atoms with Gasteiger partial charge in [-0.1, -0.05) is 27.7 Å². The first-order valence-electron chi connectivity index (χ1n) is 7.16. The summed E-state index contributed by atoms with van der Waals surface area (Å²) in [5.74, 6) is 0.123. The number of hydrogen-bond acceptors (Lipinski definition) is 2. The lowest BCUT2D eigenvalue weighted by molar-refractivity contribution is -0.144. The summed E-state index contributed by atoms with van der Waals surface area (Å²) in [6, 6.07) is -0.241. The smallest absolute Gasteiger partial charge is 0.329 e. The van der Waals surface area contributed by atoms with E-state index in [-0.39, 0.29) is 6.03 Å². The van der Waals surface area contributed by atoms with Gasteiger partial charge in [-0.25, -0.2) is 9.59 Å². The molecule has 0 spiro atoms. The summed E-state index contributed by atoms with van der Waals surface area (Å²) in [5.41, 5.74) is -1.13. The lowest BCUT2D eigenvalue weighted by atomic mass is 9.93. The van der Waals surface area contributed by atoms with Gasteiger partial charge < -0.3 is 15.3 Å². The van der Waals surface area contributed by atoms with Crippen LogP contribution in [0, 0.1) is 11.8 Å². The van der Waals surface area contributed by atoms with Crippen molar-refractivity contribution in [1.29, 1.82) is 0 Å². The van der Waals surface area contributed by atoms with Crippen molar-refractivity contribution in [3.63, 3.8) is 0 Å². The fourth-order valence-electron chi connectivity index (χ4n) is 2.58. The lowest BCUT2D eigenvalue weighted by Gasteiger charge is -2.30. The fraction of sp³-hybridized carbons (Fsp3) is 0.857. The Kier molecular flexibility index (Phi) is 5.20. The first-order chi connectivity index (χ1) is 8.86. The number of urea groups is 1. The van der Waals surface area contributed by atoms with Crippen molar-refractivity contribution >= 4 is 12.0 Å². The first kappa shape index (κ1) is 15.8. The molecule has 1 heterocycles. The van der Waals surface area contributed by atoms with Gasteiger partial charge in [0.2, 0.25) is 0 Å². The van der Waals surface area contributed by atoms with Crippen LogP contribution in [-0.2, 0) is 4.79 Å². The van der Waals surface area contributed by atoms with E-state index in [1.165, 1.54) is 0 Å². The van der Waals surface area contributed by atoms with Crippen LogP contribution in [0.5, 0.6) is 0 Å². The van der Waals surface area contributed by atoms with Crippen LogP contribution in [0.25, 0.3) is 0 Å². The topological polar surface area (TPSA) is 69.6 Å². The molecular weight excluding hydrogens is 244 g/mol. The van der Waals surface area contributed by atoms with E-state index in [0.717, 1.165) is 19.5 Å². The van der Waals surface area contributed by atoms with Gasteiger partial charge in [-0.05, 0) is 31.1 Å². The van der Waals surface area contributed by atoms with E-state index in [9.17, 15) is 14.7 Å². The van der Waals surface area contributed by atoms with Crippen LogP contribution >= 0.6 is 0 Å². The highest BCUT2D eigenvalue weighted by Crippen LogP contribution is 2.24. The van der Waals surface area contributed by atoms with E-state index >= 15 is 0 Å². The van der Waals surface area contributed by atoms with Crippen LogP contribution in [0.15, 0.2) is 0 Å². The number of carbonyl (C=O) groups is 2. The molecule has 0 aromatic carbocycles. The van der Waals surface area contributed by atoms with E-state index in [2.05, 4.69) is 19.2 Å². The summed E-state index contributed by atoms with van der Waals surface area (Å²) >= 11 is 0. The molecule has 1 saturated heterocycles. The van der Waals surface area contributed by atoms with E-state index in [1.54, 1.807) is 18.7 Å². The van der Waals surface area contributed by atoms with Crippen molar-refractivity contribution in [3.8, 4) is 0 Å². The van der Waals surface area contributed by atoms with Gasteiger partial charge in [-0.2, -0.15) is 0 Å². The molecule has 1 unspecified atom stereocenters. The molecule has 19 heavy (non-hydrogen) atoms. The third-order valence-electron chi connectivity index (χ3n) is 4.42. The quantitative estimate of drug-likeness (QED) is 0.805. The molecule has 0 aromatic rings. The minimum Gasteiger partial charge on any atom is -0.480 e. The molecule has 1 aliphatic rings. The molecular formula is C14H26N2O3. The van der Waals surface area contributed by atoms with E-state index < -0.39 is 11.5 Å². The molecule has 0 bridgehead atoms. The summed E-state index contributed by atoms with van der Waals surface area (Å²) in [6.07, 6.45) is 1.79. The van der Waals surface area contributed by atoms with Crippen molar-refractivity contribution in [2.24, 2.45) is 11.8 Å². The van der Waals surface area contributed by atoms with Gasteiger partial charge >= 0.3 is 12.0 Å². The molecule has 5 nitrogen and oxygen atoms in total. The molecule has 1 rings (SSSR count). The maximum atomic E-state index is 12.2. The monoisotopic (exact) mass is 270 g/mol. The van der Waals surface area contributed by atoms with Gasteiger partial charge in [0.25, 0.3) is 0 Å². The average Bonchev–Trinajstić information content (AvgIpc) is 2.85. The van der Waals surface area contributed by atoms with E-state index in [0.29, 0.717) is 24.7 Å². The van der Waals surface area contributed by atoms with Crippen LogP contribution in [0.3, 0.4) is 0 Å². The molecule has 110 valence electrons. The molecule has 0 aromatic heterocycles. The molecule has 0 radical (unpaired) electrons. The Bertz CT molecular complexity index is 338. The summed E-state index contributed by atoms with van der Waals surface area (Å²) in [4.78, 5) is 25.3. The number of rotatable bonds is 5. The van der Waals surface area contributed by atoms with Crippen molar-refractivity contribution in [1.82, 2.24) is 10.2 Å². The highest BCUT2D eigenvalue weighted by molar-refractivity contribution is 5.86. The summed E-state index contributed by atoms with van der Waals surface area (Å²) in [6.45, 7) is 9.35. The number of carboxylic acids is 1. The number of nitrogens with one attached hydrogen (secondary N) is 1. The molecule has 2 amide bonds. The highest BCUT2D eigenvalue weighted by atomic mass is 16.4. The number of nitrogens with zero attached hydrogens (tertiary/aromatic N) is 1. The Hall–Kier alpha value is -1.26. The third-order valence-corrected chi connectivity index (χ3v) is 4.42. The van der Waals surface area contributed by atoms with E-state index in [1.807, 2.05) is 0 Å². The van der Waals surface area contributed by atoms with Gasteiger partial charge in [-0.3, -0.25) is 0 Å². The standard InChI is InChI=1S/C14H26N2O3/c1-5-14(6-2,12(17)18)15-13(19)16-8-7-11(9-16)10(3)4/h10-11H,5-9H2,1-4H3,(H,15,19)(H,17,18). The molecule has 1 aliphatic heterocycles. The average molecular weight is 270 g/mol. The number of amides is 2. The first-order valence-corrected chi connectivity index (χ1v) is 7.16. The predicted molar refractivity (Wildman–Crippen MR) is 74.0 cm³/mol. The summed E-state index contributed by atoms with van der Waals surface area (Å²) in [7, 11) is 0. The SMILES string of the molecule is CCC(CC)(NC(=O)N1CCC(C(C)C)C1)C(=O)O. The van der Waals surface area contributed by atoms with Crippen LogP contribution in [-0.4, -0.2) is 40.6 Å². The van der Waals surface area contributed by atoms with Crippen molar-refractivity contribution in [2.45, 2.75) is 52.5 Å². The highest BCUT2D eigenvalue weighted by Gasteiger charge is 2.39. The van der Waals surface area contributed by atoms with Crippen LogP contribution < -0.4 is 5.32 Å². The molecule has 0 aliphatic carbocycles. The largest absolute Gasteiger partial charge is 0.480 e. The van der Waals surface area contributed by atoms with Crippen LogP contribution in [0.4, 0.5) is 4.79 Å². The Morgan fingerprint density at radius 2 is 1.95 bits per heavy atom. The molecule has 5 heteroatoms. The minimum absolute atomic E-state index is 0.241. The number of hydrogen-bond donors (Lipinski definition) is 2. The van der Waals surface area contributed by atoms with Gasteiger partial charge in [0.15, 0.2) is 0 Å². The second-order valence-corrected chi connectivity index (χ2v) is 5.76. The number of likely N-dealkylation sites (tertiary alicyclic amines) is 1. The number of carbonyl (C=O) groups excluding carboxylic acids is 1. The minimum atomic E-state index is -1.13. The van der Waals surface area contributed by atoms with Gasteiger partial charge in [0.05, 0.1) is 0 Å². The van der Waals surface area contributed by atoms with Gasteiger partial charge in [0.1, 0.15) is 5.54 Å². The van der Waals surface area contributed by atoms with Crippen LogP contribution in [0.1, 0.15) is 47.0 Å². The van der Waals surface area contributed by atoms with Crippen molar-refractivity contribution in [2.75, 3.05) is 13.1 Å². The maximum absolute atomic E-state index is 12.2. The van der Waals surface area contributed by atoms with Gasteiger partial charge in [-0.15, -0.1) is 0 Å². The van der Waals surface area contributed by atoms with E-state index in [4.69, 9.17) is 0 Å². The second-order valence-electron chi connectivity index (χ2n) is 5.76. The molecule has 2 N–H and O–H groups in total.